The molecule has 0 bridgehead atoms. The number of carbonyl (C=O) groups is 1. The Morgan fingerprint density at radius 2 is 2.04 bits per heavy atom. The molecule has 1 amide bonds. The van der Waals surface area contributed by atoms with Crippen LogP contribution in [0.25, 0.3) is 0 Å². The van der Waals surface area contributed by atoms with E-state index >= 15 is 0 Å². The molecule has 0 spiro atoms. The normalized spacial score (nSPS) is 16.8. The van der Waals surface area contributed by atoms with Crippen LogP contribution in [0.4, 0.5) is 4.79 Å². The molecule has 6 heteroatoms. The Morgan fingerprint density at radius 3 is 2.58 bits per heavy atom. The van der Waals surface area contributed by atoms with Gasteiger partial charge in [0.1, 0.15) is 18.4 Å². The van der Waals surface area contributed by atoms with Crippen LogP contribution in [0, 0.1) is 5.92 Å². The van der Waals surface area contributed by atoms with Gasteiger partial charge < -0.3 is 14.5 Å². The summed E-state index contributed by atoms with van der Waals surface area (Å²) in [5.41, 5.74) is 1.24. The summed E-state index contributed by atoms with van der Waals surface area (Å²) in [5, 5.41) is 4.14. The molecule has 24 heavy (non-hydrogen) atoms. The van der Waals surface area contributed by atoms with Gasteiger partial charge in [0, 0.05) is 19.3 Å². The molecule has 1 aromatic heterocycles. The SMILES string of the molecule is CO/N=C(\CC1CCN(C(=O)OC(C)(C)C)CC1)c1ccccn1. The van der Waals surface area contributed by atoms with E-state index in [9.17, 15) is 4.79 Å². The van der Waals surface area contributed by atoms with Gasteiger partial charge in [-0.25, -0.2) is 4.79 Å². The van der Waals surface area contributed by atoms with Crippen molar-refractivity contribution < 1.29 is 14.4 Å². The van der Waals surface area contributed by atoms with Crippen molar-refractivity contribution in [3.63, 3.8) is 0 Å². The summed E-state index contributed by atoms with van der Waals surface area (Å²) in [5.74, 6) is 0.458. The van der Waals surface area contributed by atoms with Crippen LogP contribution in [-0.2, 0) is 9.57 Å². The average Bonchev–Trinajstić information content (AvgIpc) is 2.54. The summed E-state index contributed by atoms with van der Waals surface area (Å²) in [6.07, 6.45) is 4.18. The van der Waals surface area contributed by atoms with Crippen LogP contribution >= 0.6 is 0 Å². The lowest BCUT2D eigenvalue weighted by Gasteiger charge is -2.33. The number of ether oxygens (including phenoxy) is 1. The van der Waals surface area contributed by atoms with E-state index in [2.05, 4.69) is 10.1 Å². The van der Waals surface area contributed by atoms with Gasteiger partial charge in [-0.15, -0.1) is 0 Å². The first-order chi connectivity index (χ1) is 11.4. The highest BCUT2D eigenvalue weighted by molar-refractivity contribution is 5.98. The number of hydrogen-bond acceptors (Lipinski definition) is 5. The Balaban J connectivity index is 1.90. The zero-order chi connectivity index (χ0) is 17.6. The maximum atomic E-state index is 12.1. The van der Waals surface area contributed by atoms with Gasteiger partial charge in [-0.1, -0.05) is 11.2 Å². The van der Waals surface area contributed by atoms with Crippen LogP contribution in [0.2, 0.25) is 0 Å². The molecule has 0 N–H and O–H groups in total. The van der Waals surface area contributed by atoms with Gasteiger partial charge in [-0.2, -0.15) is 0 Å². The molecule has 6 nitrogen and oxygen atoms in total. The minimum Gasteiger partial charge on any atom is -0.444 e. The van der Waals surface area contributed by atoms with Crippen LogP contribution in [0.1, 0.15) is 45.7 Å². The van der Waals surface area contributed by atoms with Crippen molar-refractivity contribution >= 4 is 11.8 Å². The number of pyridine rings is 1. The molecule has 0 saturated carbocycles. The molecule has 1 fully saturated rings. The zero-order valence-corrected chi connectivity index (χ0v) is 15.0. The highest BCUT2D eigenvalue weighted by atomic mass is 16.6. The summed E-state index contributed by atoms with van der Waals surface area (Å²) in [6.45, 7) is 7.08. The second-order valence-electron chi connectivity index (χ2n) is 7.05. The lowest BCUT2D eigenvalue weighted by molar-refractivity contribution is 0.0186. The Bertz CT molecular complexity index is 559. The van der Waals surface area contributed by atoms with Crippen molar-refractivity contribution in [3.8, 4) is 0 Å². The first kappa shape index (κ1) is 18.2. The topological polar surface area (TPSA) is 64.0 Å². The van der Waals surface area contributed by atoms with Crippen LogP contribution in [0.15, 0.2) is 29.6 Å². The van der Waals surface area contributed by atoms with Crippen LogP contribution < -0.4 is 0 Å². The van der Waals surface area contributed by atoms with Gasteiger partial charge >= 0.3 is 6.09 Å². The molecule has 0 aliphatic carbocycles. The second kappa shape index (κ2) is 8.13. The maximum Gasteiger partial charge on any atom is 0.410 e. The minimum atomic E-state index is -0.453. The first-order valence-corrected chi connectivity index (χ1v) is 8.38. The monoisotopic (exact) mass is 333 g/mol. The number of carbonyl (C=O) groups excluding carboxylic acids is 1. The van der Waals surface area contributed by atoms with Crippen LogP contribution in [-0.4, -0.2) is 47.5 Å². The van der Waals surface area contributed by atoms with E-state index in [4.69, 9.17) is 9.57 Å². The highest BCUT2D eigenvalue weighted by Crippen LogP contribution is 2.24. The number of piperidine rings is 1. The van der Waals surface area contributed by atoms with Crippen LogP contribution in [0.5, 0.6) is 0 Å². The van der Waals surface area contributed by atoms with Crippen molar-refractivity contribution in [2.75, 3.05) is 20.2 Å². The minimum absolute atomic E-state index is 0.226. The molecule has 1 aliphatic heterocycles. The largest absolute Gasteiger partial charge is 0.444 e. The third-order valence-corrected chi connectivity index (χ3v) is 3.91. The standard InChI is InChI=1S/C18H27N3O3/c1-18(2,3)24-17(22)21-11-8-14(9-12-21)13-16(20-23-4)15-7-5-6-10-19-15/h5-7,10,14H,8-9,11-13H2,1-4H3/b20-16+. The fourth-order valence-corrected chi connectivity index (χ4v) is 2.75. The number of oxime groups is 1. The van der Waals surface area contributed by atoms with E-state index in [0.717, 1.165) is 30.7 Å². The molecule has 0 atom stereocenters. The van der Waals surface area contributed by atoms with Crippen molar-refractivity contribution in [3.05, 3.63) is 30.1 Å². The fraction of sp³-hybridized carbons (Fsp3) is 0.611. The highest BCUT2D eigenvalue weighted by Gasteiger charge is 2.27. The van der Waals surface area contributed by atoms with E-state index in [-0.39, 0.29) is 6.09 Å². The van der Waals surface area contributed by atoms with E-state index in [1.165, 1.54) is 0 Å². The molecule has 2 heterocycles. The number of amides is 1. The zero-order valence-electron chi connectivity index (χ0n) is 15.0. The molecule has 132 valence electrons. The quantitative estimate of drug-likeness (QED) is 0.625. The van der Waals surface area contributed by atoms with Gasteiger partial charge in [-0.3, -0.25) is 4.98 Å². The molecule has 1 aromatic rings. The summed E-state index contributed by atoms with van der Waals surface area (Å²) >= 11 is 0. The number of nitrogens with zero attached hydrogens (tertiary/aromatic N) is 3. The molecular formula is C18H27N3O3. The Kier molecular flexibility index (Phi) is 6.17. The molecule has 0 aromatic carbocycles. The lowest BCUT2D eigenvalue weighted by Crippen LogP contribution is -2.42. The third-order valence-electron chi connectivity index (χ3n) is 3.91. The van der Waals surface area contributed by atoms with Crippen molar-refractivity contribution in [2.45, 2.75) is 45.6 Å². The Labute approximate surface area is 143 Å². The summed E-state index contributed by atoms with van der Waals surface area (Å²) in [4.78, 5) is 23.2. The van der Waals surface area contributed by atoms with Gasteiger partial charge in [0.25, 0.3) is 0 Å². The van der Waals surface area contributed by atoms with E-state index in [1.807, 2.05) is 39.0 Å². The number of likely N-dealkylation sites (tertiary alicyclic amines) is 1. The van der Waals surface area contributed by atoms with Gasteiger partial charge in [0.05, 0.1) is 5.69 Å². The molecule has 1 saturated heterocycles. The molecule has 0 unspecified atom stereocenters. The Morgan fingerprint density at radius 1 is 1.33 bits per heavy atom. The van der Waals surface area contributed by atoms with Gasteiger partial charge in [-0.05, 0) is 58.1 Å². The average molecular weight is 333 g/mol. The lowest BCUT2D eigenvalue weighted by atomic mass is 9.90. The molecule has 2 rings (SSSR count). The predicted molar refractivity (Wildman–Crippen MR) is 92.9 cm³/mol. The smallest absolute Gasteiger partial charge is 0.410 e. The molecule has 1 aliphatic rings. The van der Waals surface area contributed by atoms with Gasteiger partial charge in [0.2, 0.25) is 0 Å². The Hall–Kier alpha value is -2.11. The number of hydrogen-bond donors (Lipinski definition) is 0. The van der Waals surface area contributed by atoms with Gasteiger partial charge in [0.15, 0.2) is 0 Å². The number of rotatable bonds is 4. The van der Waals surface area contributed by atoms with Crippen molar-refractivity contribution in [2.24, 2.45) is 11.1 Å². The maximum absolute atomic E-state index is 12.1. The second-order valence-corrected chi connectivity index (χ2v) is 7.05. The molecule has 0 radical (unpaired) electrons. The summed E-state index contributed by atoms with van der Waals surface area (Å²) in [7, 11) is 1.55. The first-order valence-electron chi connectivity index (χ1n) is 8.38. The van der Waals surface area contributed by atoms with Crippen molar-refractivity contribution in [1.29, 1.82) is 0 Å². The van der Waals surface area contributed by atoms with E-state index in [0.29, 0.717) is 19.0 Å². The van der Waals surface area contributed by atoms with E-state index < -0.39 is 5.60 Å². The fourth-order valence-electron chi connectivity index (χ4n) is 2.75. The third kappa shape index (κ3) is 5.51. The summed E-state index contributed by atoms with van der Waals surface area (Å²) in [6, 6.07) is 5.76. The predicted octanol–water partition coefficient (Wildman–Crippen LogP) is 3.47. The number of aromatic nitrogens is 1. The summed E-state index contributed by atoms with van der Waals surface area (Å²) < 4.78 is 5.43. The van der Waals surface area contributed by atoms with Crippen molar-refractivity contribution in [1.82, 2.24) is 9.88 Å². The van der Waals surface area contributed by atoms with E-state index in [1.54, 1.807) is 18.2 Å². The van der Waals surface area contributed by atoms with Crippen LogP contribution in [0.3, 0.4) is 0 Å². The molecular weight excluding hydrogens is 306 g/mol.